The molecule has 0 spiro atoms. The number of carboxylic acids is 1. The molecule has 0 heterocycles. The van der Waals surface area contributed by atoms with Gasteiger partial charge in [-0.3, -0.25) is 9.69 Å². The van der Waals surface area contributed by atoms with Gasteiger partial charge in [0.15, 0.2) is 0 Å². The lowest BCUT2D eigenvalue weighted by atomic mass is 10.2. The van der Waals surface area contributed by atoms with E-state index in [1.807, 2.05) is 78.7 Å². The van der Waals surface area contributed by atoms with Gasteiger partial charge in [0.2, 0.25) is 0 Å². The van der Waals surface area contributed by atoms with Gasteiger partial charge in [-0.05, 0) is 28.0 Å². The second kappa shape index (κ2) is 10.3. The third-order valence-corrected chi connectivity index (χ3v) is 11.0. The number of nitrogens with zero attached hydrogens (tertiary/aromatic N) is 1. The lowest BCUT2D eigenvalue weighted by molar-refractivity contribution is -0.144. The van der Waals surface area contributed by atoms with Crippen LogP contribution >= 0.6 is 0 Å². The normalized spacial score (nSPS) is 13.2. The maximum absolute atomic E-state index is 12.3. The molecule has 0 aromatic heterocycles. The van der Waals surface area contributed by atoms with Gasteiger partial charge in [0.05, 0.1) is 6.61 Å². The van der Waals surface area contributed by atoms with Crippen LogP contribution in [0.15, 0.2) is 91.0 Å². The molecule has 3 rings (SSSR count). The molecule has 0 radical (unpaired) electrons. The molecule has 0 saturated heterocycles. The minimum atomic E-state index is -2.79. The Hall–Kier alpha value is -2.73. The van der Waals surface area contributed by atoms with Crippen LogP contribution in [0.4, 0.5) is 0 Å². The lowest BCUT2D eigenvalue weighted by Crippen LogP contribution is -2.67. The van der Waals surface area contributed by atoms with E-state index < -0.39 is 20.3 Å². The molecule has 0 bridgehead atoms. The van der Waals surface area contributed by atoms with Crippen molar-refractivity contribution in [3.8, 4) is 0 Å². The molecule has 3 aromatic rings. The molecular formula is C27H33NO3Si. The topological polar surface area (TPSA) is 49.8 Å². The Morgan fingerprint density at radius 3 is 1.72 bits per heavy atom. The van der Waals surface area contributed by atoms with E-state index in [9.17, 15) is 9.90 Å². The third kappa shape index (κ3) is 5.18. The van der Waals surface area contributed by atoms with Gasteiger partial charge in [0.25, 0.3) is 8.32 Å². The highest BCUT2D eigenvalue weighted by Gasteiger charge is 2.50. The van der Waals surface area contributed by atoms with Crippen LogP contribution in [0.5, 0.6) is 0 Å². The van der Waals surface area contributed by atoms with Crippen molar-refractivity contribution in [3.05, 3.63) is 96.6 Å². The monoisotopic (exact) mass is 447 g/mol. The van der Waals surface area contributed by atoms with Gasteiger partial charge in [0, 0.05) is 6.54 Å². The van der Waals surface area contributed by atoms with Crippen molar-refractivity contribution in [3.63, 3.8) is 0 Å². The number of carbonyl (C=O) groups is 1. The Balaban J connectivity index is 1.97. The van der Waals surface area contributed by atoms with E-state index in [2.05, 4.69) is 45.0 Å². The smallest absolute Gasteiger partial charge is 0.323 e. The summed E-state index contributed by atoms with van der Waals surface area (Å²) in [5, 5.41) is 12.2. The van der Waals surface area contributed by atoms with E-state index in [0.717, 1.165) is 15.9 Å². The molecular weight excluding hydrogens is 414 g/mol. The standard InChI is InChI=1S/C27H33NO3Si/c1-27(2,3)32(23-16-10-6-11-17-23,24-18-12-7-13-19-24)31-21-25(26(29)30)28(4)20-22-14-8-5-9-15-22/h5-19,25H,20-21H2,1-4H3,(H,29,30). The number of hydrogen-bond donors (Lipinski definition) is 1. The Morgan fingerprint density at radius 1 is 0.875 bits per heavy atom. The first kappa shape index (κ1) is 23.9. The molecule has 1 atom stereocenters. The van der Waals surface area contributed by atoms with Crippen molar-refractivity contribution < 1.29 is 14.3 Å². The molecule has 32 heavy (non-hydrogen) atoms. The highest BCUT2D eigenvalue weighted by Crippen LogP contribution is 2.37. The third-order valence-electron chi connectivity index (χ3n) is 5.97. The molecule has 0 fully saturated rings. The molecule has 1 unspecified atom stereocenters. The minimum Gasteiger partial charge on any atom is -0.480 e. The van der Waals surface area contributed by atoms with Crippen LogP contribution in [0.3, 0.4) is 0 Å². The number of likely N-dealkylation sites (N-methyl/N-ethyl adjacent to an activating group) is 1. The van der Waals surface area contributed by atoms with Crippen molar-refractivity contribution in [1.29, 1.82) is 0 Å². The second-order valence-corrected chi connectivity index (χ2v) is 13.5. The Morgan fingerprint density at radius 2 is 1.31 bits per heavy atom. The van der Waals surface area contributed by atoms with Gasteiger partial charge in [-0.2, -0.15) is 0 Å². The molecule has 0 aliphatic carbocycles. The fourth-order valence-electron chi connectivity index (χ4n) is 4.33. The summed E-state index contributed by atoms with van der Waals surface area (Å²) in [7, 11) is -0.938. The van der Waals surface area contributed by atoms with Crippen LogP contribution in [0.2, 0.25) is 5.04 Å². The van der Waals surface area contributed by atoms with Crippen LogP contribution in [0.1, 0.15) is 26.3 Å². The van der Waals surface area contributed by atoms with Gasteiger partial charge in [-0.25, -0.2) is 0 Å². The lowest BCUT2D eigenvalue weighted by Gasteiger charge is -2.44. The predicted molar refractivity (Wildman–Crippen MR) is 133 cm³/mol. The first-order valence-electron chi connectivity index (χ1n) is 11.0. The summed E-state index contributed by atoms with van der Waals surface area (Å²) in [4.78, 5) is 14.1. The predicted octanol–water partition coefficient (Wildman–Crippen LogP) is 4.15. The average Bonchev–Trinajstić information content (AvgIpc) is 2.77. The summed E-state index contributed by atoms with van der Waals surface area (Å²) >= 11 is 0. The molecule has 168 valence electrons. The Labute approximate surface area is 192 Å². The van der Waals surface area contributed by atoms with Gasteiger partial charge in [0.1, 0.15) is 6.04 Å². The van der Waals surface area contributed by atoms with Crippen molar-refractivity contribution in [2.45, 2.75) is 38.4 Å². The highest BCUT2D eigenvalue weighted by atomic mass is 28.4. The maximum Gasteiger partial charge on any atom is 0.323 e. The summed E-state index contributed by atoms with van der Waals surface area (Å²) in [5.74, 6) is -0.874. The van der Waals surface area contributed by atoms with E-state index in [4.69, 9.17) is 4.43 Å². The van der Waals surface area contributed by atoms with Crippen molar-refractivity contribution in [1.82, 2.24) is 4.90 Å². The fourth-order valence-corrected chi connectivity index (χ4v) is 8.90. The SMILES string of the molecule is CN(Cc1ccccc1)C(CO[Si](c1ccccc1)(c1ccccc1)C(C)(C)C)C(=O)O. The molecule has 4 nitrogen and oxygen atoms in total. The van der Waals surface area contributed by atoms with Crippen LogP contribution in [0.25, 0.3) is 0 Å². The summed E-state index contributed by atoms with van der Waals surface area (Å²) in [6, 6.07) is 29.8. The molecule has 0 saturated carbocycles. The van der Waals surface area contributed by atoms with E-state index >= 15 is 0 Å². The highest BCUT2D eigenvalue weighted by molar-refractivity contribution is 6.99. The molecule has 5 heteroatoms. The van der Waals surface area contributed by atoms with E-state index in [0.29, 0.717) is 6.54 Å². The Bertz CT molecular complexity index is 948. The number of benzene rings is 3. The van der Waals surface area contributed by atoms with Crippen LogP contribution in [0, 0.1) is 0 Å². The molecule has 0 aliphatic heterocycles. The molecule has 0 aliphatic rings. The number of aliphatic carboxylic acids is 1. The van der Waals surface area contributed by atoms with Gasteiger partial charge in [-0.1, -0.05) is 112 Å². The van der Waals surface area contributed by atoms with Crippen molar-refractivity contribution >= 4 is 24.7 Å². The zero-order valence-electron chi connectivity index (χ0n) is 19.4. The zero-order chi connectivity index (χ0) is 23.2. The number of carboxylic acid groups (broad SMARTS) is 1. The fraction of sp³-hybridized carbons (Fsp3) is 0.296. The van der Waals surface area contributed by atoms with Gasteiger partial charge >= 0.3 is 5.97 Å². The minimum absolute atomic E-state index is 0.117. The number of hydrogen-bond acceptors (Lipinski definition) is 3. The van der Waals surface area contributed by atoms with Crippen LogP contribution in [-0.2, 0) is 15.8 Å². The summed E-state index contributed by atoms with van der Waals surface area (Å²) in [6.45, 7) is 7.25. The molecule has 0 amide bonds. The van der Waals surface area contributed by atoms with Gasteiger partial charge < -0.3 is 9.53 Å². The largest absolute Gasteiger partial charge is 0.480 e. The van der Waals surface area contributed by atoms with Gasteiger partial charge in [-0.15, -0.1) is 0 Å². The molecule has 1 N–H and O–H groups in total. The van der Waals surface area contributed by atoms with E-state index in [1.54, 1.807) is 0 Å². The van der Waals surface area contributed by atoms with Crippen LogP contribution in [-0.4, -0.2) is 44.0 Å². The number of rotatable bonds is 9. The van der Waals surface area contributed by atoms with E-state index in [-0.39, 0.29) is 11.6 Å². The summed E-state index contributed by atoms with van der Waals surface area (Å²) < 4.78 is 6.86. The first-order valence-corrected chi connectivity index (χ1v) is 12.9. The Kier molecular flexibility index (Phi) is 7.67. The first-order chi connectivity index (χ1) is 15.3. The maximum atomic E-state index is 12.3. The van der Waals surface area contributed by atoms with Crippen molar-refractivity contribution in [2.24, 2.45) is 0 Å². The second-order valence-electron chi connectivity index (χ2n) is 9.23. The van der Waals surface area contributed by atoms with E-state index in [1.165, 1.54) is 0 Å². The summed E-state index contributed by atoms with van der Waals surface area (Å²) in [5.41, 5.74) is 1.08. The van der Waals surface area contributed by atoms with Crippen molar-refractivity contribution in [2.75, 3.05) is 13.7 Å². The zero-order valence-corrected chi connectivity index (χ0v) is 20.4. The average molecular weight is 448 g/mol. The molecule has 3 aromatic carbocycles. The quantitative estimate of drug-likeness (QED) is 0.501. The van der Waals surface area contributed by atoms with Crippen LogP contribution < -0.4 is 10.4 Å². The summed E-state index contributed by atoms with van der Waals surface area (Å²) in [6.07, 6.45) is 0.